The van der Waals surface area contributed by atoms with Crippen molar-refractivity contribution in [1.82, 2.24) is 0 Å². The van der Waals surface area contributed by atoms with Crippen molar-refractivity contribution in [2.45, 2.75) is 0 Å². The third-order valence-corrected chi connectivity index (χ3v) is 2.26. The number of carboxylic acid groups (broad SMARTS) is 1. The Labute approximate surface area is 81.3 Å². The number of benzene rings is 1. The maximum Gasteiger partial charge on any atom is 0.342 e. The van der Waals surface area contributed by atoms with Crippen LogP contribution in [-0.2, 0) is 4.79 Å². The van der Waals surface area contributed by atoms with Gasteiger partial charge in [0.2, 0.25) is 0 Å². The highest BCUT2D eigenvalue weighted by molar-refractivity contribution is 8.03. The zero-order valence-corrected chi connectivity index (χ0v) is 8.04. The molecule has 0 atom stereocenters. The molecule has 0 aromatic heterocycles. The molecule has 0 aliphatic carbocycles. The van der Waals surface area contributed by atoms with Crippen LogP contribution in [0, 0.1) is 0 Å². The van der Waals surface area contributed by atoms with E-state index in [4.69, 9.17) is 5.11 Å². The van der Waals surface area contributed by atoms with Gasteiger partial charge in [-0.2, -0.15) is 0 Å². The quantitative estimate of drug-likeness (QED) is 0.751. The van der Waals surface area contributed by atoms with Crippen LogP contribution in [0.3, 0.4) is 0 Å². The number of carboxylic acids is 1. The fourth-order valence-corrected chi connectivity index (χ4v) is 1.34. The molecule has 13 heavy (non-hydrogen) atoms. The van der Waals surface area contributed by atoms with Gasteiger partial charge in [0.15, 0.2) is 0 Å². The summed E-state index contributed by atoms with van der Waals surface area (Å²) in [4.78, 5) is 11.0. The first kappa shape index (κ1) is 9.86. The van der Waals surface area contributed by atoms with Gasteiger partial charge in [-0.3, -0.25) is 0 Å². The SMILES string of the molecule is CS/C(=C\c1ccccc1)C(=O)O. The first-order chi connectivity index (χ1) is 6.24. The molecule has 0 radical (unpaired) electrons. The van der Waals surface area contributed by atoms with E-state index in [1.165, 1.54) is 11.8 Å². The third kappa shape index (κ3) is 2.95. The van der Waals surface area contributed by atoms with Crippen molar-refractivity contribution >= 4 is 23.8 Å². The smallest absolute Gasteiger partial charge is 0.342 e. The van der Waals surface area contributed by atoms with Gasteiger partial charge in [-0.15, -0.1) is 11.8 Å². The molecule has 0 saturated heterocycles. The Morgan fingerprint density at radius 1 is 1.38 bits per heavy atom. The summed E-state index contributed by atoms with van der Waals surface area (Å²) in [7, 11) is 0. The van der Waals surface area contributed by atoms with Gasteiger partial charge in [-0.1, -0.05) is 30.3 Å². The standard InChI is InChI=1S/C10H10O2S/c1-13-9(10(11)12)7-8-5-3-2-4-6-8/h2-7H,1H3,(H,11,12)/b9-7-. The topological polar surface area (TPSA) is 37.3 Å². The molecule has 1 rings (SSSR count). The predicted octanol–water partition coefficient (Wildman–Crippen LogP) is 2.48. The predicted molar refractivity (Wildman–Crippen MR) is 55.6 cm³/mol. The van der Waals surface area contributed by atoms with E-state index in [0.29, 0.717) is 4.91 Å². The molecule has 1 aromatic carbocycles. The van der Waals surface area contributed by atoms with Gasteiger partial charge >= 0.3 is 5.97 Å². The first-order valence-electron chi connectivity index (χ1n) is 3.78. The molecular formula is C10H10O2S. The lowest BCUT2D eigenvalue weighted by Crippen LogP contribution is -1.95. The lowest BCUT2D eigenvalue weighted by molar-refractivity contribution is -0.131. The van der Waals surface area contributed by atoms with Crippen molar-refractivity contribution in [1.29, 1.82) is 0 Å². The molecule has 0 saturated carbocycles. The van der Waals surface area contributed by atoms with Crippen LogP contribution < -0.4 is 0 Å². The van der Waals surface area contributed by atoms with Crippen LogP contribution in [0.5, 0.6) is 0 Å². The summed E-state index contributed by atoms with van der Waals surface area (Å²) in [5.74, 6) is -0.878. The van der Waals surface area contributed by atoms with E-state index in [0.717, 1.165) is 5.56 Å². The zero-order valence-electron chi connectivity index (χ0n) is 7.23. The van der Waals surface area contributed by atoms with Crippen molar-refractivity contribution in [3.05, 3.63) is 40.8 Å². The fourth-order valence-electron chi connectivity index (χ4n) is 0.909. The molecule has 0 amide bonds. The number of thioether (sulfide) groups is 1. The summed E-state index contributed by atoms with van der Waals surface area (Å²) in [6, 6.07) is 9.41. The first-order valence-corrected chi connectivity index (χ1v) is 5.00. The summed E-state index contributed by atoms with van der Waals surface area (Å²) in [6.07, 6.45) is 3.41. The summed E-state index contributed by atoms with van der Waals surface area (Å²) < 4.78 is 0. The summed E-state index contributed by atoms with van der Waals surface area (Å²) >= 11 is 1.23. The van der Waals surface area contributed by atoms with E-state index < -0.39 is 5.97 Å². The molecule has 0 bridgehead atoms. The summed E-state index contributed by atoms with van der Waals surface area (Å²) in [5, 5.41) is 8.75. The zero-order chi connectivity index (χ0) is 9.68. The molecule has 68 valence electrons. The third-order valence-electron chi connectivity index (χ3n) is 1.53. The Kier molecular flexibility index (Phi) is 3.58. The molecule has 0 heterocycles. The largest absolute Gasteiger partial charge is 0.477 e. The van der Waals surface area contributed by atoms with Crippen LogP contribution in [0.2, 0.25) is 0 Å². The van der Waals surface area contributed by atoms with E-state index in [2.05, 4.69) is 0 Å². The van der Waals surface area contributed by atoms with Crippen molar-refractivity contribution < 1.29 is 9.90 Å². The Morgan fingerprint density at radius 2 is 2.00 bits per heavy atom. The second-order valence-corrected chi connectivity index (χ2v) is 3.28. The molecular weight excluding hydrogens is 184 g/mol. The molecule has 0 aliphatic rings. The van der Waals surface area contributed by atoms with Crippen LogP contribution in [0.25, 0.3) is 6.08 Å². The number of hydrogen-bond acceptors (Lipinski definition) is 2. The number of carbonyl (C=O) groups is 1. The Hall–Kier alpha value is -1.22. The van der Waals surface area contributed by atoms with E-state index in [-0.39, 0.29) is 0 Å². The van der Waals surface area contributed by atoms with E-state index in [1.807, 2.05) is 30.3 Å². The average Bonchev–Trinajstić information content (AvgIpc) is 2.15. The lowest BCUT2D eigenvalue weighted by atomic mass is 10.2. The normalized spacial score (nSPS) is 11.3. The van der Waals surface area contributed by atoms with Crippen LogP contribution in [0.15, 0.2) is 35.2 Å². The maximum atomic E-state index is 10.6. The van der Waals surface area contributed by atoms with Crippen LogP contribution >= 0.6 is 11.8 Å². The minimum atomic E-state index is -0.878. The van der Waals surface area contributed by atoms with E-state index in [1.54, 1.807) is 12.3 Å². The summed E-state index contributed by atoms with van der Waals surface area (Å²) in [6.45, 7) is 0. The average molecular weight is 194 g/mol. The Morgan fingerprint density at radius 3 is 2.46 bits per heavy atom. The molecule has 3 heteroatoms. The lowest BCUT2D eigenvalue weighted by Gasteiger charge is -1.96. The molecule has 0 unspecified atom stereocenters. The number of rotatable bonds is 3. The van der Waals surface area contributed by atoms with Crippen molar-refractivity contribution in [2.75, 3.05) is 6.26 Å². The van der Waals surface area contributed by atoms with Crippen LogP contribution in [0.1, 0.15) is 5.56 Å². The van der Waals surface area contributed by atoms with Gasteiger partial charge in [0, 0.05) is 0 Å². The van der Waals surface area contributed by atoms with E-state index >= 15 is 0 Å². The second kappa shape index (κ2) is 4.72. The Bertz CT molecular complexity index is 317. The molecule has 1 aromatic rings. The highest BCUT2D eigenvalue weighted by Gasteiger charge is 2.04. The minimum absolute atomic E-state index is 0.353. The van der Waals surface area contributed by atoms with Gasteiger partial charge < -0.3 is 5.11 Å². The number of hydrogen-bond donors (Lipinski definition) is 1. The molecule has 1 N–H and O–H groups in total. The maximum absolute atomic E-state index is 10.6. The Balaban J connectivity index is 2.92. The van der Waals surface area contributed by atoms with Crippen LogP contribution in [-0.4, -0.2) is 17.3 Å². The highest BCUT2D eigenvalue weighted by atomic mass is 32.2. The minimum Gasteiger partial charge on any atom is -0.477 e. The van der Waals surface area contributed by atoms with Gasteiger partial charge in [0.1, 0.15) is 0 Å². The van der Waals surface area contributed by atoms with Crippen molar-refractivity contribution in [3.63, 3.8) is 0 Å². The van der Waals surface area contributed by atoms with Crippen molar-refractivity contribution in [3.8, 4) is 0 Å². The fraction of sp³-hybridized carbons (Fsp3) is 0.100. The van der Waals surface area contributed by atoms with Crippen LogP contribution in [0.4, 0.5) is 0 Å². The van der Waals surface area contributed by atoms with Gasteiger partial charge in [-0.05, 0) is 17.9 Å². The molecule has 0 fully saturated rings. The van der Waals surface area contributed by atoms with Gasteiger partial charge in [-0.25, -0.2) is 4.79 Å². The van der Waals surface area contributed by atoms with Gasteiger partial charge in [0.05, 0.1) is 4.91 Å². The van der Waals surface area contributed by atoms with E-state index in [9.17, 15) is 4.79 Å². The molecule has 2 nitrogen and oxygen atoms in total. The summed E-state index contributed by atoms with van der Waals surface area (Å²) in [5.41, 5.74) is 0.911. The molecule has 0 spiro atoms. The second-order valence-electron chi connectivity index (χ2n) is 2.43. The van der Waals surface area contributed by atoms with Gasteiger partial charge in [0.25, 0.3) is 0 Å². The monoisotopic (exact) mass is 194 g/mol. The molecule has 0 aliphatic heterocycles. The van der Waals surface area contributed by atoms with Crippen molar-refractivity contribution in [2.24, 2.45) is 0 Å². The number of aliphatic carboxylic acids is 1. The highest BCUT2D eigenvalue weighted by Crippen LogP contribution is 2.15.